The first kappa shape index (κ1) is 61.9. The molecule has 0 amide bonds. The molecule has 0 N–H and O–H groups in total. The highest BCUT2D eigenvalue weighted by molar-refractivity contribution is 5.71. The second kappa shape index (κ2) is 53.5. The Bertz CT molecular complexity index is 1040. The molecule has 376 valence electrons. The molecule has 0 fully saturated rings. The van der Waals surface area contributed by atoms with Crippen molar-refractivity contribution in [2.75, 3.05) is 13.2 Å². The summed E-state index contributed by atoms with van der Waals surface area (Å²) in [7, 11) is 0. The molecule has 1 unspecified atom stereocenters. The van der Waals surface area contributed by atoms with Crippen LogP contribution in [0.4, 0.5) is 0 Å². The summed E-state index contributed by atoms with van der Waals surface area (Å²) >= 11 is 0. The topological polar surface area (TPSA) is 78.9 Å². The molecule has 0 heterocycles. The molecule has 0 rings (SSSR count). The van der Waals surface area contributed by atoms with Crippen LogP contribution in [0.15, 0.2) is 24.3 Å². The van der Waals surface area contributed by atoms with Crippen molar-refractivity contribution in [3.05, 3.63) is 24.3 Å². The number of rotatable bonds is 52. The first-order chi connectivity index (χ1) is 31.5. The average molecular weight is 901 g/mol. The zero-order valence-corrected chi connectivity index (χ0v) is 43.1. The van der Waals surface area contributed by atoms with Crippen LogP contribution in [0.2, 0.25) is 0 Å². The third-order valence-corrected chi connectivity index (χ3v) is 12.7. The van der Waals surface area contributed by atoms with Crippen molar-refractivity contribution in [3.63, 3.8) is 0 Å². The van der Waals surface area contributed by atoms with Gasteiger partial charge in [0.25, 0.3) is 0 Å². The number of allylic oxidation sites excluding steroid dienone is 4. The minimum absolute atomic E-state index is 0.0711. The van der Waals surface area contributed by atoms with Gasteiger partial charge in [-0.1, -0.05) is 244 Å². The summed E-state index contributed by atoms with van der Waals surface area (Å²) in [6, 6.07) is 0. The highest BCUT2D eigenvalue weighted by atomic mass is 16.6. The van der Waals surface area contributed by atoms with E-state index in [0.717, 1.165) is 64.2 Å². The Morgan fingerprint density at radius 2 is 0.516 bits per heavy atom. The molecule has 6 nitrogen and oxygen atoms in total. The maximum Gasteiger partial charge on any atom is 0.306 e. The highest BCUT2D eigenvalue weighted by Crippen LogP contribution is 2.16. The summed E-state index contributed by atoms with van der Waals surface area (Å²) in [5.41, 5.74) is 0. The Hall–Kier alpha value is -2.11. The van der Waals surface area contributed by atoms with Crippen molar-refractivity contribution in [1.29, 1.82) is 0 Å². The number of ether oxygens (including phenoxy) is 3. The van der Waals surface area contributed by atoms with Gasteiger partial charge in [-0.2, -0.15) is 0 Å². The first-order valence-electron chi connectivity index (χ1n) is 28.3. The lowest BCUT2D eigenvalue weighted by Gasteiger charge is -2.18. The van der Waals surface area contributed by atoms with E-state index in [4.69, 9.17) is 14.2 Å². The quantitative estimate of drug-likeness (QED) is 0.0262. The maximum absolute atomic E-state index is 12.7. The van der Waals surface area contributed by atoms with Gasteiger partial charge in [-0.05, 0) is 70.6 Å². The molecule has 0 aliphatic rings. The third kappa shape index (κ3) is 50.9. The van der Waals surface area contributed by atoms with Gasteiger partial charge in [-0.25, -0.2) is 0 Å². The Morgan fingerprint density at radius 3 is 0.797 bits per heavy atom. The van der Waals surface area contributed by atoms with Crippen molar-refractivity contribution < 1.29 is 28.6 Å². The van der Waals surface area contributed by atoms with E-state index in [1.165, 1.54) is 205 Å². The second-order valence-corrected chi connectivity index (χ2v) is 19.2. The lowest BCUT2D eigenvalue weighted by atomic mass is 10.0. The molecule has 0 aliphatic carbocycles. The molecule has 0 spiro atoms. The standard InChI is InChI=1S/C58H108O6/c1-4-7-10-13-16-18-20-22-23-24-25-26-27-28-29-30-31-32-33-34-35-37-38-40-42-45-48-51-57(60)63-54-55(53-62-56(59)50-47-44-15-12-9-6-3)64-58(61)52-49-46-43-41-39-36-21-19-17-14-11-8-5-2/h19,21,24-25,55H,4-18,20,22-23,26-54H2,1-3H3/b21-19-,25-24-. The zero-order valence-electron chi connectivity index (χ0n) is 43.1. The van der Waals surface area contributed by atoms with Gasteiger partial charge in [-0.15, -0.1) is 0 Å². The van der Waals surface area contributed by atoms with Crippen LogP contribution in [-0.2, 0) is 28.6 Å². The van der Waals surface area contributed by atoms with E-state index < -0.39 is 6.10 Å². The normalized spacial score (nSPS) is 12.1. The summed E-state index contributed by atoms with van der Waals surface area (Å²) in [5, 5.41) is 0. The average Bonchev–Trinajstić information content (AvgIpc) is 3.29. The molecular formula is C58H108O6. The number of carbonyl (C=O) groups is 3. The summed E-state index contributed by atoms with van der Waals surface area (Å²) in [6.45, 7) is 6.59. The fourth-order valence-corrected chi connectivity index (χ4v) is 8.37. The van der Waals surface area contributed by atoms with E-state index in [1.807, 2.05) is 0 Å². The molecular weight excluding hydrogens is 793 g/mol. The van der Waals surface area contributed by atoms with E-state index in [1.54, 1.807) is 0 Å². The van der Waals surface area contributed by atoms with Gasteiger partial charge in [0.05, 0.1) is 0 Å². The van der Waals surface area contributed by atoms with Gasteiger partial charge in [0, 0.05) is 19.3 Å². The van der Waals surface area contributed by atoms with E-state index in [-0.39, 0.29) is 31.1 Å². The SMILES string of the molecule is CCCCCC/C=C\CCCCCCCC(=O)OC(COC(=O)CCCCCCCC)COC(=O)CCCCCCCCCCCCCCCCC/C=C\CCCCCCCCCC. The first-order valence-corrected chi connectivity index (χ1v) is 28.3. The predicted octanol–water partition coefficient (Wildman–Crippen LogP) is 18.7. The van der Waals surface area contributed by atoms with Crippen LogP contribution < -0.4 is 0 Å². The van der Waals surface area contributed by atoms with Crippen LogP contribution in [0.1, 0.15) is 310 Å². The minimum Gasteiger partial charge on any atom is -0.462 e. The third-order valence-electron chi connectivity index (χ3n) is 12.7. The monoisotopic (exact) mass is 901 g/mol. The Morgan fingerprint density at radius 1 is 0.297 bits per heavy atom. The minimum atomic E-state index is -0.768. The van der Waals surface area contributed by atoms with Crippen molar-refractivity contribution >= 4 is 17.9 Å². The number of hydrogen-bond donors (Lipinski definition) is 0. The van der Waals surface area contributed by atoms with Crippen LogP contribution in [-0.4, -0.2) is 37.2 Å². The molecule has 0 aromatic heterocycles. The second-order valence-electron chi connectivity index (χ2n) is 19.2. The molecule has 0 aliphatic heterocycles. The van der Waals surface area contributed by atoms with Crippen LogP contribution in [0.3, 0.4) is 0 Å². The van der Waals surface area contributed by atoms with Gasteiger partial charge in [0.1, 0.15) is 13.2 Å². The van der Waals surface area contributed by atoms with E-state index in [9.17, 15) is 14.4 Å². The molecule has 0 bridgehead atoms. The lowest BCUT2D eigenvalue weighted by molar-refractivity contribution is -0.167. The molecule has 1 atom stereocenters. The predicted molar refractivity (Wildman–Crippen MR) is 275 cm³/mol. The van der Waals surface area contributed by atoms with Crippen molar-refractivity contribution in [2.24, 2.45) is 0 Å². The number of esters is 3. The van der Waals surface area contributed by atoms with E-state index in [2.05, 4.69) is 45.1 Å². The maximum atomic E-state index is 12.7. The molecule has 0 aromatic carbocycles. The Labute approximate surface area is 398 Å². The van der Waals surface area contributed by atoms with Crippen LogP contribution in [0.25, 0.3) is 0 Å². The van der Waals surface area contributed by atoms with E-state index in [0.29, 0.717) is 19.3 Å². The summed E-state index contributed by atoms with van der Waals surface area (Å²) < 4.78 is 16.7. The van der Waals surface area contributed by atoms with Crippen molar-refractivity contribution in [3.8, 4) is 0 Å². The highest BCUT2D eigenvalue weighted by Gasteiger charge is 2.19. The summed E-state index contributed by atoms with van der Waals surface area (Å²) in [5.74, 6) is -0.876. The van der Waals surface area contributed by atoms with Crippen molar-refractivity contribution in [2.45, 2.75) is 316 Å². The number of hydrogen-bond acceptors (Lipinski definition) is 6. The zero-order chi connectivity index (χ0) is 46.5. The molecule has 0 aromatic rings. The molecule has 0 radical (unpaired) electrons. The lowest BCUT2D eigenvalue weighted by Crippen LogP contribution is -2.30. The van der Waals surface area contributed by atoms with Crippen LogP contribution in [0.5, 0.6) is 0 Å². The van der Waals surface area contributed by atoms with Gasteiger partial charge in [0.15, 0.2) is 6.10 Å². The van der Waals surface area contributed by atoms with Crippen LogP contribution in [0, 0.1) is 0 Å². The Kier molecular flexibility index (Phi) is 51.7. The Balaban J connectivity index is 4.01. The summed E-state index contributed by atoms with van der Waals surface area (Å²) in [4.78, 5) is 37.8. The smallest absolute Gasteiger partial charge is 0.306 e. The van der Waals surface area contributed by atoms with Gasteiger partial charge >= 0.3 is 17.9 Å². The van der Waals surface area contributed by atoms with Gasteiger partial charge in [-0.3, -0.25) is 14.4 Å². The summed E-state index contributed by atoms with van der Waals surface area (Å²) in [6.07, 6.45) is 62.1. The van der Waals surface area contributed by atoms with E-state index >= 15 is 0 Å². The molecule has 64 heavy (non-hydrogen) atoms. The van der Waals surface area contributed by atoms with Gasteiger partial charge < -0.3 is 14.2 Å². The molecule has 0 saturated heterocycles. The van der Waals surface area contributed by atoms with Crippen LogP contribution >= 0.6 is 0 Å². The molecule has 0 saturated carbocycles. The van der Waals surface area contributed by atoms with Gasteiger partial charge in [0.2, 0.25) is 0 Å². The fourth-order valence-electron chi connectivity index (χ4n) is 8.37. The molecule has 6 heteroatoms. The number of unbranched alkanes of at least 4 members (excludes halogenated alkanes) is 37. The fraction of sp³-hybridized carbons (Fsp3) is 0.879. The largest absolute Gasteiger partial charge is 0.462 e. The number of carbonyl (C=O) groups excluding carboxylic acids is 3. The van der Waals surface area contributed by atoms with Crippen molar-refractivity contribution in [1.82, 2.24) is 0 Å².